The number of carbonyl (C=O) groups is 2. The number of anilines is 1. The monoisotopic (exact) mass is 363 g/mol. The molecule has 0 saturated heterocycles. The summed E-state index contributed by atoms with van der Waals surface area (Å²) in [5.74, 6) is -0.922. The van der Waals surface area contributed by atoms with E-state index in [0.717, 1.165) is 16.8 Å². The minimum Gasteiger partial charge on any atom is -0.449 e. The zero-order valence-corrected chi connectivity index (χ0v) is 15.5. The zero-order valence-electron chi connectivity index (χ0n) is 15.5. The van der Waals surface area contributed by atoms with Crippen molar-refractivity contribution in [3.63, 3.8) is 0 Å². The van der Waals surface area contributed by atoms with Gasteiger partial charge in [0.2, 0.25) is 0 Å². The smallest absolute Gasteiger partial charge is 0.338 e. The number of hydrogen-bond donors (Lipinski definition) is 1. The molecule has 0 bridgehead atoms. The van der Waals surface area contributed by atoms with Gasteiger partial charge in [-0.25, -0.2) is 9.48 Å². The number of esters is 1. The van der Waals surface area contributed by atoms with E-state index in [1.165, 1.54) is 0 Å². The number of benzene rings is 2. The lowest BCUT2D eigenvalue weighted by atomic mass is 10.1. The Hall–Kier alpha value is -3.41. The van der Waals surface area contributed by atoms with Gasteiger partial charge in [0.25, 0.3) is 5.91 Å². The van der Waals surface area contributed by atoms with Gasteiger partial charge in [-0.05, 0) is 62.7 Å². The van der Waals surface area contributed by atoms with Crippen LogP contribution in [0.5, 0.6) is 0 Å². The van der Waals surface area contributed by atoms with Gasteiger partial charge in [0.05, 0.1) is 11.3 Å². The molecule has 1 atom stereocenters. The van der Waals surface area contributed by atoms with Crippen LogP contribution >= 0.6 is 0 Å². The summed E-state index contributed by atoms with van der Waals surface area (Å²) in [5.41, 5.74) is 3.98. The lowest BCUT2D eigenvalue weighted by Crippen LogP contribution is -2.30. The van der Waals surface area contributed by atoms with E-state index in [4.69, 9.17) is 4.74 Å². The SMILES string of the molecule is Cc1ccc(NC(=O)C(C)OC(=O)c2ccc(-n3cccn3)cc2)c(C)c1. The van der Waals surface area contributed by atoms with Crippen LogP contribution < -0.4 is 5.32 Å². The van der Waals surface area contributed by atoms with Crippen molar-refractivity contribution in [1.29, 1.82) is 0 Å². The molecule has 0 aliphatic carbocycles. The van der Waals surface area contributed by atoms with Crippen LogP contribution in [0.25, 0.3) is 5.69 Å². The van der Waals surface area contributed by atoms with Crippen LogP contribution in [0.1, 0.15) is 28.4 Å². The highest BCUT2D eigenvalue weighted by Gasteiger charge is 2.19. The number of amides is 1. The molecule has 1 amide bonds. The Kier molecular flexibility index (Phi) is 5.35. The first kappa shape index (κ1) is 18.4. The van der Waals surface area contributed by atoms with E-state index in [2.05, 4.69) is 10.4 Å². The molecule has 0 saturated carbocycles. The molecule has 1 unspecified atom stereocenters. The molecule has 1 N–H and O–H groups in total. The fourth-order valence-corrected chi connectivity index (χ4v) is 2.64. The first-order chi connectivity index (χ1) is 12.9. The minimum absolute atomic E-state index is 0.372. The van der Waals surface area contributed by atoms with Crippen LogP contribution in [0.4, 0.5) is 5.69 Å². The number of hydrogen-bond acceptors (Lipinski definition) is 4. The van der Waals surface area contributed by atoms with Crippen LogP contribution in [-0.2, 0) is 9.53 Å². The van der Waals surface area contributed by atoms with Gasteiger partial charge in [0.15, 0.2) is 6.10 Å². The molecule has 0 fully saturated rings. The summed E-state index contributed by atoms with van der Waals surface area (Å²) < 4.78 is 6.98. The molecule has 1 heterocycles. The molecule has 27 heavy (non-hydrogen) atoms. The number of carbonyl (C=O) groups excluding carboxylic acids is 2. The van der Waals surface area contributed by atoms with Crippen molar-refractivity contribution in [2.45, 2.75) is 26.9 Å². The Morgan fingerprint density at radius 3 is 2.48 bits per heavy atom. The van der Waals surface area contributed by atoms with Gasteiger partial charge in [-0.3, -0.25) is 4.79 Å². The number of ether oxygens (including phenoxy) is 1. The second-order valence-corrected chi connectivity index (χ2v) is 6.35. The molecule has 0 aliphatic rings. The van der Waals surface area contributed by atoms with E-state index in [1.54, 1.807) is 42.1 Å². The van der Waals surface area contributed by atoms with Gasteiger partial charge in [0, 0.05) is 18.1 Å². The molecular formula is C21H21N3O3. The molecule has 6 heteroatoms. The van der Waals surface area contributed by atoms with Gasteiger partial charge < -0.3 is 10.1 Å². The summed E-state index contributed by atoms with van der Waals surface area (Å²) in [6, 6.07) is 14.4. The van der Waals surface area contributed by atoms with E-state index in [0.29, 0.717) is 11.3 Å². The molecule has 0 aliphatic heterocycles. The average Bonchev–Trinajstić information content (AvgIpc) is 3.18. The predicted octanol–water partition coefficient (Wildman–Crippen LogP) is 3.67. The average molecular weight is 363 g/mol. The molecule has 1 aromatic heterocycles. The Bertz CT molecular complexity index is 947. The van der Waals surface area contributed by atoms with Crippen LogP contribution in [-0.4, -0.2) is 27.8 Å². The Morgan fingerprint density at radius 1 is 1.11 bits per heavy atom. The first-order valence-corrected chi connectivity index (χ1v) is 8.63. The van der Waals surface area contributed by atoms with Crippen LogP contribution in [0.2, 0.25) is 0 Å². The van der Waals surface area contributed by atoms with Crippen molar-refractivity contribution in [3.8, 4) is 5.69 Å². The zero-order chi connectivity index (χ0) is 19.4. The van der Waals surface area contributed by atoms with Gasteiger partial charge in [-0.1, -0.05) is 17.7 Å². The van der Waals surface area contributed by atoms with Crippen LogP contribution in [0.3, 0.4) is 0 Å². The lowest BCUT2D eigenvalue weighted by Gasteiger charge is -2.15. The molecular weight excluding hydrogens is 342 g/mol. The molecule has 138 valence electrons. The molecule has 2 aromatic carbocycles. The molecule has 3 rings (SSSR count). The molecule has 0 radical (unpaired) electrons. The maximum absolute atomic E-state index is 12.3. The van der Waals surface area contributed by atoms with Crippen LogP contribution in [0.15, 0.2) is 60.9 Å². The highest BCUT2D eigenvalue weighted by molar-refractivity contribution is 5.97. The third-order valence-corrected chi connectivity index (χ3v) is 4.16. The second-order valence-electron chi connectivity index (χ2n) is 6.35. The topological polar surface area (TPSA) is 73.2 Å². The van der Waals surface area contributed by atoms with Gasteiger partial charge in [-0.15, -0.1) is 0 Å². The highest BCUT2D eigenvalue weighted by Crippen LogP contribution is 2.17. The van der Waals surface area contributed by atoms with E-state index in [1.807, 2.05) is 44.3 Å². The van der Waals surface area contributed by atoms with Gasteiger partial charge >= 0.3 is 5.97 Å². The first-order valence-electron chi connectivity index (χ1n) is 8.63. The Labute approximate surface area is 157 Å². The minimum atomic E-state index is -0.913. The highest BCUT2D eigenvalue weighted by atomic mass is 16.5. The summed E-state index contributed by atoms with van der Waals surface area (Å²) >= 11 is 0. The van der Waals surface area contributed by atoms with Crippen molar-refractivity contribution in [1.82, 2.24) is 9.78 Å². The third kappa shape index (κ3) is 4.41. The lowest BCUT2D eigenvalue weighted by molar-refractivity contribution is -0.123. The van der Waals surface area contributed by atoms with Crippen molar-refractivity contribution in [2.75, 3.05) is 5.32 Å². The molecule has 0 spiro atoms. The maximum Gasteiger partial charge on any atom is 0.338 e. The molecule has 6 nitrogen and oxygen atoms in total. The summed E-state index contributed by atoms with van der Waals surface area (Å²) in [6.45, 7) is 5.45. The Morgan fingerprint density at radius 2 is 1.85 bits per heavy atom. The van der Waals surface area contributed by atoms with Crippen molar-refractivity contribution >= 4 is 17.6 Å². The van der Waals surface area contributed by atoms with E-state index < -0.39 is 12.1 Å². The summed E-state index contributed by atoms with van der Waals surface area (Å²) in [4.78, 5) is 24.6. The number of nitrogens with zero attached hydrogens (tertiary/aromatic N) is 2. The predicted molar refractivity (Wildman–Crippen MR) is 103 cm³/mol. The quantitative estimate of drug-likeness (QED) is 0.702. The number of nitrogens with one attached hydrogen (secondary N) is 1. The van der Waals surface area contributed by atoms with Crippen molar-refractivity contribution < 1.29 is 14.3 Å². The second kappa shape index (κ2) is 7.86. The van der Waals surface area contributed by atoms with Crippen LogP contribution in [0, 0.1) is 13.8 Å². The number of rotatable bonds is 5. The normalized spacial score (nSPS) is 11.7. The fourth-order valence-electron chi connectivity index (χ4n) is 2.64. The maximum atomic E-state index is 12.3. The summed E-state index contributed by atoms with van der Waals surface area (Å²) in [6.07, 6.45) is 2.58. The van der Waals surface area contributed by atoms with Crippen molar-refractivity contribution in [2.24, 2.45) is 0 Å². The molecule has 3 aromatic rings. The standard InChI is InChI=1S/C21H21N3O3/c1-14-5-10-19(15(2)13-14)23-20(25)16(3)27-21(26)17-6-8-18(9-7-17)24-12-4-11-22-24/h4-13,16H,1-3H3,(H,23,25). The largest absolute Gasteiger partial charge is 0.449 e. The van der Waals surface area contributed by atoms with E-state index >= 15 is 0 Å². The summed E-state index contributed by atoms with van der Waals surface area (Å²) in [7, 11) is 0. The van der Waals surface area contributed by atoms with E-state index in [-0.39, 0.29) is 5.91 Å². The van der Waals surface area contributed by atoms with E-state index in [9.17, 15) is 9.59 Å². The fraction of sp³-hybridized carbons (Fsp3) is 0.190. The van der Waals surface area contributed by atoms with Gasteiger partial charge in [-0.2, -0.15) is 5.10 Å². The number of aromatic nitrogens is 2. The number of aryl methyl sites for hydroxylation is 2. The summed E-state index contributed by atoms with van der Waals surface area (Å²) in [5, 5.41) is 6.93. The van der Waals surface area contributed by atoms with Crippen molar-refractivity contribution in [3.05, 3.63) is 77.6 Å². The third-order valence-electron chi connectivity index (χ3n) is 4.16. The van der Waals surface area contributed by atoms with Gasteiger partial charge in [0.1, 0.15) is 0 Å². The Balaban J connectivity index is 1.62.